The van der Waals surface area contributed by atoms with E-state index in [2.05, 4.69) is 0 Å². The summed E-state index contributed by atoms with van der Waals surface area (Å²) in [6.45, 7) is 1.49. The molecule has 0 spiro atoms. The molecule has 178 valence electrons. The Morgan fingerprint density at radius 2 is 1.61 bits per heavy atom. The third kappa shape index (κ3) is 4.07. The molecule has 0 saturated carbocycles. The Labute approximate surface area is 187 Å². The zero-order chi connectivity index (χ0) is 24.0. The lowest BCUT2D eigenvalue weighted by Crippen LogP contribution is -2.57. The summed E-state index contributed by atoms with van der Waals surface area (Å²) in [4.78, 5) is 0. The number of ether oxygens (including phenoxy) is 4. The number of phenolic OH excluding ortho intramolecular Hbond substituents is 4. The summed E-state index contributed by atoms with van der Waals surface area (Å²) in [6.07, 6.45) is -6.51. The molecule has 2 aliphatic heterocycles. The predicted molar refractivity (Wildman–Crippen MR) is 111 cm³/mol. The topological polar surface area (TPSA) is 179 Å². The molecule has 0 aromatic heterocycles. The van der Waals surface area contributed by atoms with Crippen LogP contribution in [0.4, 0.5) is 0 Å². The smallest absolute Gasteiger partial charge is 0.228 e. The molecule has 11 heteroatoms. The van der Waals surface area contributed by atoms with Gasteiger partial charge in [-0.25, -0.2) is 0 Å². The van der Waals surface area contributed by atoms with Crippen LogP contribution in [0.25, 0.3) is 6.08 Å². The second kappa shape index (κ2) is 8.52. The van der Waals surface area contributed by atoms with Crippen molar-refractivity contribution >= 4 is 6.08 Å². The van der Waals surface area contributed by atoms with Gasteiger partial charge in [-0.05, 0) is 25.1 Å². The number of hydrogen-bond acceptors (Lipinski definition) is 11. The monoisotopic (exact) mass is 464 g/mol. The summed E-state index contributed by atoms with van der Waals surface area (Å²) >= 11 is 0. The molecule has 0 radical (unpaired) electrons. The summed E-state index contributed by atoms with van der Waals surface area (Å²) in [7, 11) is 1.29. The van der Waals surface area contributed by atoms with Gasteiger partial charge in [0.2, 0.25) is 12.0 Å². The number of aliphatic hydroxyl groups is 3. The summed E-state index contributed by atoms with van der Waals surface area (Å²) in [5, 5.41) is 70.6. The standard InChI is InChI=1S/C22H24O11/c1-8-17(26)19(28)20(29)22(31-8)33-16-7-11-12(24)5-10(23)6-14(11)32-21(16)9-3-13(25)18(27)15(4-9)30-2/h3-8,17,19-29H,1-2H3/t8-,17-,19+,20-,21?,22-/m0/s1. The minimum atomic E-state index is -1.62. The first-order valence-corrected chi connectivity index (χ1v) is 10.0. The zero-order valence-corrected chi connectivity index (χ0v) is 17.6. The van der Waals surface area contributed by atoms with Crippen LogP contribution in [0.1, 0.15) is 24.2 Å². The molecule has 4 rings (SSSR count). The van der Waals surface area contributed by atoms with E-state index in [4.69, 9.17) is 18.9 Å². The molecule has 2 aromatic rings. The average Bonchev–Trinajstić information content (AvgIpc) is 2.77. The first-order valence-electron chi connectivity index (χ1n) is 10.0. The van der Waals surface area contributed by atoms with Crippen molar-refractivity contribution < 1.29 is 54.7 Å². The van der Waals surface area contributed by atoms with Gasteiger partial charge in [-0.15, -0.1) is 0 Å². The first kappa shape index (κ1) is 22.8. The number of fused-ring (bicyclic) bond motifs is 1. The lowest BCUT2D eigenvalue weighted by molar-refractivity contribution is -0.285. The highest BCUT2D eigenvalue weighted by molar-refractivity contribution is 5.70. The van der Waals surface area contributed by atoms with Crippen LogP contribution in [0.15, 0.2) is 30.0 Å². The Bertz CT molecular complexity index is 1080. The van der Waals surface area contributed by atoms with E-state index in [-0.39, 0.29) is 39.9 Å². The molecule has 7 N–H and O–H groups in total. The molecule has 0 bridgehead atoms. The van der Waals surface area contributed by atoms with Gasteiger partial charge in [0.15, 0.2) is 17.6 Å². The second-order valence-electron chi connectivity index (χ2n) is 7.81. The van der Waals surface area contributed by atoms with Gasteiger partial charge in [0.25, 0.3) is 0 Å². The second-order valence-corrected chi connectivity index (χ2v) is 7.81. The summed E-state index contributed by atoms with van der Waals surface area (Å²) in [6, 6.07) is 4.94. The van der Waals surface area contributed by atoms with Crippen LogP contribution in [0.2, 0.25) is 0 Å². The van der Waals surface area contributed by atoms with Gasteiger partial charge in [0, 0.05) is 17.7 Å². The Balaban J connectivity index is 1.78. The van der Waals surface area contributed by atoms with Gasteiger partial charge >= 0.3 is 0 Å². The number of phenols is 4. The SMILES string of the molecule is COc1cc(C2Oc3cc(O)cc(O)c3C=C2O[C@@H]2O[C@@H](C)[C@H](O)[C@@H](O)[C@@H]2O)cc(O)c1O. The zero-order valence-electron chi connectivity index (χ0n) is 17.6. The maximum Gasteiger partial charge on any atom is 0.228 e. The van der Waals surface area contributed by atoms with Gasteiger partial charge < -0.3 is 54.7 Å². The number of hydrogen-bond donors (Lipinski definition) is 7. The maximum absolute atomic E-state index is 10.4. The quantitative estimate of drug-likeness (QED) is 0.319. The van der Waals surface area contributed by atoms with E-state index in [9.17, 15) is 35.7 Å². The molecule has 6 atom stereocenters. The van der Waals surface area contributed by atoms with E-state index in [1.165, 1.54) is 38.3 Å². The molecule has 2 aromatic carbocycles. The molecule has 0 amide bonds. The minimum Gasteiger partial charge on any atom is -0.508 e. The fourth-order valence-electron chi connectivity index (χ4n) is 3.74. The van der Waals surface area contributed by atoms with Crippen LogP contribution in [-0.4, -0.2) is 73.6 Å². The van der Waals surface area contributed by atoms with Crippen molar-refractivity contribution in [2.45, 2.75) is 43.7 Å². The Kier molecular flexibility index (Phi) is 5.89. The summed E-state index contributed by atoms with van der Waals surface area (Å²) < 4.78 is 22.3. The number of benzene rings is 2. The van der Waals surface area contributed by atoms with Gasteiger partial charge in [-0.3, -0.25) is 0 Å². The first-order chi connectivity index (χ1) is 15.6. The van der Waals surface area contributed by atoms with Crippen LogP contribution < -0.4 is 9.47 Å². The molecule has 1 unspecified atom stereocenters. The van der Waals surface area contributed by atoms with E-state index in [1.54, 1.807) is 0 Å². The van der Waals surface area contributed by atoms with E-state index in [0.29, 0.717) is 0 Å². The largest absolute Gasteiger partial charge is 0.508 e. The predicted octanol–water partition coefficient (Wildman–Crippen LogP) is 0.836. The average molecular weight is 464 g/mol. The van der Waals surface area contributed by atoms with Crippen molar-refractivity contribution in [1.82, 2.24) is 0 Å². The molecule has 2 heterocycles. The number of aromatic hydroxyl groups is 4. The summed E-state index contributed by atoms with van der Waals surface area (Å²) in [5.41, 5.74) is 0.411. The van der Waals surface area contributed by atoms with E-state index in [1.807, 2.05) is 0 Å². The molecule has 33 heavy (non-hydrogen) atoms. The third-order valence-electron chi connectivity index (χ3n) is 5.56. The van der Waals surface area contributed by atoms with Crippen molar-refractivity contribution in [1.29, 1.82) is 0 Å². The number of rotatable bonds is 4. The van der Waals surface area contributed by atoms with E-state index < -0.39 is 48.3 Å². The van der Waals surface area contributed by atoms with Gasteiger partial charge in [-0.1, -0.05) is 0 Å². The summed E-state index contributed by atoms with van der Waals surface area (Å²) in [5.74, 6) is -1.54. The fourth-order valence-corrected chi connectivity index (χ4v) is 3.74. The van der Waals surface area contributed by atoms with Gasteiger partial charge in [-0.2, -0.15) is 0 Å². The Morgan fingerprint density at radius 1 is 0.879 bits per heavy atom. The lowest BCUT2D eigenvalue weighted by atomic mass is 9.98. The van der Waals surface area contributed by atoms with Crippen LogP contribution in [0, 0.1) is 0 Å². The van der Waals surface area contributed by atoms with Crippen molar-refractivity contribution in [2.75, 3.05) is 7.11 Å². The molecule has 2 aliphatic rings. The molecule has 0 aliphatic carbocycles. The van der Waals surface area contributed by atoms with Crippen LogP contribution in [0.3, 0.4) is 0 Å². The van der Waals surface area contributed by atoms with Crippen LogP contribution >= 0.6 is 0 Å². The molecular weight excluding hydrogens is 440 g/mol. The normalized spacial score (nSPS) is 28.9. The highest BCUT2D eigenvalue weighted by Crippen LogP contribution is 2.47. The maximum atomic E-state index is 10.4. The highest BCUT2D eigenvalue weighted by Gasteiger charge is 2.44. The lowest BCUT2D eigenvalue weighted by Gasteiger charge is -2.40. The van der Waals surface area contributed by atoms with Crippen molar-refractivity contribution in [2.24, 2.45) is 0 Å². The highest BCUT2D eigenvalue weighted by atomic mass is 16.7. The van der Waals surface area contributed by atoms with Gasteiger partial charge in [0.1, 0.15) is 41.3 Å². The molecule has 1 fully saturated rings. The van der Waals surface area contributed by atoms with Crippen LogP contribution in [-0.2, 0) is 9.47 Å². The molecule has 1 saturated heterocycles. The van der Waals surface area contributed by atoms with Gasteiger partial charge in [0.05, 0.1) is 18.8 Å². The van der Waals surface area contributed by atoms with E-state index in [0.717, 1.165) is 6.07 Å². The third-order valence-corrected chi connectivity index (χ3v) is 5.56. The Morgan fingerprint density at radius 3 is 2.30 bits per heavy atom. The van der Waals surface area contributed by atoms with E-state index >= 15 is 0 Å². The van der Waals surface area contributed by atoms with Crippen molar-refractivity contribution in [3.05, 3.63) is 41.2 Å². The van der Waals surface area contributed by atoms with Crippen molar-refractivity contribution in [3.8, 4) is 34.5 Å². The van der Waals surface area contributed by atoms with Crippen LogP contribution in [0.5, 0.6) is 34.5 Å². The molecule has 11 nitrogen and oxygen atoms in total. The van der Waals surface area contributed by atoms with Crippen molar-refractivity contribution in [3.63, 3.8) is 0 Å². The fraction of sp³-hybridized carbons (Fsp3) is 0.364. The molecular formula is C22H24O11. The minimum absolute atomic E-state index is 0.00419. The number of methoxy groups -OCH3 is 1. The Hall–Kier alpha value is -3.38. The number of aliphatic hydroxyl groups excluding tert-OH is 3.